The van der Waals surface area contributed by atoms with Gasteiger partial charge in [-0.05, 0) is 42.0 Å². The van der Waals surface area contributed by atoms with Gasteiger partial charge in [0.1, 0.15) is 12.4 Å². The lowest BCUT2D eigenvalue weighted by molar-refractivity contribution is -0.147. The summed E-state index contributed by atoms with van der Waals surface area (Å²) in [6, 6.07) is 15.6. The van der Waals surface area contributed by atoms with Crippen LogP contribution in [0.4, 0.5) is 0 Å². The summed E-state index contributed by atoms with van der Waals surface area (Å²) < 4.78 is 10.3. The minimum atomic E-state index is -0.473. The minimum absolute atomic E-state index is 0.149. The standard InChI is InChI=1S/C16H12ClNO3/c17-14-3-1-2-13(8-14)10-21-16(19)11-20-15-6-4-12(9-18)5-7-15/h1-8H,10-11H2. The predicted molar refractivity (Wildman–Crippen MR) is 77.9 cm³/mol. The van der Waals surface area contributed by atoms with Gasteiger partial charge in [-0.1, -0.05) is 23.7 Å². The molecule has 5 heteroatoms. The molecule has 21 heavy (non-hydrogen) atoms. The van der Waals surface area contributed by atoms with Gasteiger partial charge in [0.15, 0.2) is 6.61 Å². The normalized spacial score (nSPS) is 9.71. The first-order valence-electron chi connectivity index (χ1n) is 6.20. The zero-order valence-corrected chi connectivity index (χ0v) is 11.8. The van der Waals surface area contributed by atoms with Crippen molar-refractivity contribution in [2.45, 2.75) is 6.61 Å². The van der Waals surface area contributed by atoms with Gasteiger partial charge in [-0.2, -0.15) is 5.26 Å². The molecule has 4 nitrogen and oxygen atoms in total. The fraction of sp³-hybridized carbons (Fsp3) is 0.125. The van der Waals surface area contributed by atoms with Gasteiger partial charge in [0, 0.05) is 5.02 Å². The molecule has 0 atom stereocenters. The van der Waals surface area contributed by atoms with E-state index in [2.05, 4.69) is 0 Å². The number of hydrogen-bond acceptors (Lipinski definition) is 4. The minimum Gasteiger partial charge on any atom is -0.482 e. The van der Waals surface area contributed by atoms with Crippen LogP contribution in [0.25, 0.3) is 0 Å². The summed E-state index contributed by atoms with van der Waals surface area (Å²) in [6.45, 7) is -0.0391. The first-order chi connectivity index (χ1) is 10.2. The van der Waals surface area contributed by atoms with Crippen LogP contribution in [0.15, 0.2) is 48.5 Å². The lowest BCUT2D eigenvalue weighted by Gasteiger charge is -2.07. The van der Waals surface area contributed by atoms with Crippen LogP contribution in [-0.2, 0) is 16.1 Å². The summed E-state index contributed by atoms with van der Waals surface area (Å²) in [5, 5.41) is 9.26. The van der Waals surface area contributed by atoms with Crippen LogP contribution in [0, 0.1) is 11.3 Å². The van der Waals surface area contributed by atoms with Crippen molar-refractivity contribution >= 4 is 17.6 Å². The van der Waals surface area contributed by atoms with Gasteiger partial charge in [0.2, 0.25) is 0 Å². The molecular formula is C16H12ClNO3. The van der Waals surface area contributed by atoms with Gasteiger partial charge >= 0.3 is 5.97 Å². The maximum absolute atomic E-state index is 11.6. The molecule has 0 bridgehead atoms. The average molecular weight is 302 g/mol. The molecule has 0 saturated heterocycles. The van der Waals surface area contributed by atoms with Gasteiger partial charge < -0.3 is 9.47 Å². The smallest absolute Gasteiger partial charge is 0.344 e. The topological polar surface area (TPSA) is 59.3 Å². The number of esters is 1. The highest BCUT2D eigenvalue weighted by Crippen LogP contribution is 2.13. The Hall–Kier alpha value is -2.51. The van der Waals surface area contributed by atoms with E-state index in [1.807, 2.05) is 12.1 Å². The first kappa shape index (κ1) is 14.9. The summed E-state index contributed by atoms with van der Waals surface area (Å²) in [5.41, 5.74) is 1.35. The Labute approximate surface area is 127 Å². The number of ether oxygens (including phenoxy) is 2. The molecule has 0 aliphatic heterocycles. The number of hydrogen-bond donors (Lipinski definition) is 0. The van der Waals surface area contributed by atoms with E-state index in [0.717, 1.165) is 5.56 Å². The second kappa shape index (κ2) is 7.32. The largest absolute Gasteiger partial charge is 0.482 e. The number of benzene rings is 2. The van der Waals surface area contributed by atoms with Crippen LogP contribution in [0.3, 0.4) is 0 Å². The molecule has 0 unspecified atom stereocenters. The maximum Gasteiger partial charge on any atom is 0.344 e. The lowest BCUT2D eigenvalue weighted by atomic mass is 10.2. The number of nitriles is 1. The van der Waals surface area contributed by atoms with Gasteiger partial charge in [-0.15, -0.1) is 0 Å². The van der Waals surface area contributed by atoms with E-state index in [9.17, 15) is 4.79 Å². The Morgan fingerprint density at radius 2 is 1.95 bits per heavy atom. The summed E-state index contributed by atoms with van der Waals surface area (Å²) in [4.78, 5) is 11.6. The van der Waals surface area contributed by atoms with E-state index in [1.165, 1.54) is 0 Å². The molecule has 0 amide bonds. The fourth-order valence-electron chi connectivity index (χ4n) is 1.60. The number of nitrogens with zero attached hydrogens (tertiary/aromatic N) is 1. The molecule has 0 fully saturated rings. The molecule has 0 aromatic heterocycles. The van der Waals surface area contributed by atoms with Crippen molar-refractivity contribution in [1.82, 2.24) is 0 Å². The number of rotatable bonds is 5. The van der Waals surface area contributed by atoms with E-state index in [1.54, 1.807) is 42.5 Å². The lowest BCUT2D eigenvalue weighted by Crippen LogP contribution is -2.14. The second-order valence-corrected chi connectivity index (χ2v) is 4.65. The highest BCUT2D eigenvalue weighted by atomic mass is 35.5. The molecule has 0 radical (unpaired) electrons. The zero-order valence-electron chi connectivity index (χ0n) is 11.1. The third-order valence-electron chi connectivity index (χ3n) is 2.63. The van der Waals surface area contributed by atoms with Crippen LogP contribution in [0.1, 0.15) is 11.1 Å². The van der Waals surface area contributed by atoms with Gasteiger partial charge in [-0.3, -0.25) is 0 Å². The van der Waals surface area contributed by atoms with Crippen molar-refractivity contribution in [3.05, 3.63) is 64.7 Å². The van der Waals surface area contributed by atoms with Crippen molar-refractivity contribution in [3.8, 4) is 11.8 Å². The van der Waals surface area contributed by atoms with E-state index >= 15 is 0 Å². The van der Waals surface area contributed by atoms with Crippen LogP contribution in [-0.4, -0.2) is 12.6 Å². The third-order valence-corrected chi connectivity index (χ3v) is 2.86. The van der Waals surface area contributed by atoms with Crippen LogP contribution >= 0.6 is 11.6 Å². The Morgan fingerprint density at radius 3 is 2.62 bits per heavy atom. The number of carbonyl (C=O) groups excluding carboxylic acids is 1. The quantitative estimate of drug-likeness (QED) is 0.795. The highest BCUT2D eigenvalue weighted by molar-refractivity contribution is 6.30. The molecule has 0 N–H and O–H groups in total. The molecule has 0 aliphatic carbocycles. The van der Waals surface area contributed by atoms with Crippen molar-refractivity contribution < 1.29 is 14.3 Å². The monoisotopic (exact) mass is 301 g/mol. The van der Waals surface area contributed by atoms with Gasteiger partial charge in [-0.25, -0.2) is 4.79 Å². The molecule has 2 aromatic carbocycles. The van der Waals surface area contributed by atoms with Gasteiger partial charge in [0.25, 0.3) is 0 Å². The molecule has 106 valence electrons. The van der Waals surface area contributed by atoms with Crippen LogP contribution in [0.2, 0.25) is 5.02 Å². The van der Waals surface area contributed by atoms with E-state index < -0.39 is 5.97 Å². The molecule has 0 heterocycles. The molecular weight excluding hydrogens is 290 g/mol. The summed E-state index contributed by atoms with van der Waals surface area (Å²) in [5.74, 6) is 0.0352. The summed E-state index contributed by atoms with van der Waals surface area (Å²) in [7, 11) is 0. The van der Waals surface area contributed by atoms with Gasteiger partial charge in [0.05, 0.1) is 11.6 Å². The Bertz CT molecular complexity index is 662. The van der Waals surface area contributed by atoms with E-state index in [-0.39, 0.29) is 13.2 Å². The Balaban J connectivity index is 1.78. The fourth-order valence-corrected chi connectivity index (χ4v) is 1.81. The van der Waals surface area contributed by atoms with Crippen molar-refractivity contribution in [1.29, 1.82) is 5.26 Å². The Morgan fingerprint density at radius 1 is 1.19 bits per heavy atom. The van der Waals surface area contributed by atoms with Crippen molar-refractivity contribution in [2.75, 3.05) is 6.61 Å². The number of halogens is 1. The van der Waals surface area contributed by atoms with Crippen molar-refractivity contribution in [3.63, 3.8) is 0 Å². The first-order valence-corrected chi connectivity index (χ1v) is 6.58. The number of carbonyl (C=O) groups is 1. The summed E-state index contributed by atoms with van der Waals surface area (Å²) >= 11 is 5.84. The SMILES string of the molecule is N#Cc1ccc(OCC(=O)OCc2cccc(Cl)c2)cc1. The molecule has 2 rings (SSSR count). The summed E-state index contributed by atoms with van der Waals surface area (Å²) in [6.07, 6.45) is 0. The predicted octanol–water partition coefficient (Wildman–Crippen LogP) is 3.33. The van der Waals surface area contributed by atoms with Crippen LogP contribution in [0.5, 0.6) is 5.75 Å². The Kier molecular flexibility index (Phi) is 5.19. The molecule has 0 aliphatic rings. The third kappa shape index (κ3) is 4.83. The van der Waals surface area contributed by atoms with Crippen LogP contribution < -0.4 is 4.74 Å². The van der Waals surface area contributed by atoms with Crippen molar-refractivity contribution in [2.24, 2.45) is 0 Å². The highest BCUT2D eigenvalue weighted by Gasteiger charge is 2.05. The average Bonchev–Trinajstić information content (AvgIpc) is 2.51. The van der Waals surface area contributed by atoms with E-state index in [4.69, 9.17) is 26.3 Å². The second-order valence-electron chi connectivity index (χ2n) is 4.22. The zero-order chi connectivity index (χ0) is 15.1. The van der Waals surface area contributed by atoms with E-state index in [0.29, 0.717) is 16.3 Å². The molecule has 0 saturated carbocycles. The molecule has 2 aromatic rings. The maximum atomic E-state index is 11.6. The molecule has 0 spiro atoms.